The Hall–Kier alpha value is -1.75. The molecular weight excluding hydrogens is 202 g/mol. The van der Waals surface area contributed by atoms with Crippen molar-refractivity contribution in [3.05, 3.63) is 29.7 Å². The van der Waals surface area contributed by atoms with Gasteiger partial charge < -0.3 is 5.32 Å². The molecule has 0 saturated carbocycles. The van der Waals surface area contributed by atoms with E-state index in [9.17, 15) is 0 Å². The molecule has 0 atom stereocenters. The molecule has 3 rings (SSSR count). The van der Waals surface area contributed by atoms with Crippen LogP contribution in [0.2, 0.25) is 0 Å². The third-order valence-electron chi connectivity index (χ3n) is 2.85. The smallest absolute Gasteiger partial charge is 0.178 e. The monoisotopic (exact) mass is 215 g/mol. The fourth-order valence-electron chi connectivity index (χ4n) is 2.15. The second kappa shape index (κ2) is 3.68. The molecule has 0 unspecified atom stereocenters. The molecule has 0 aromatic carbocycles. The first kappa shape index (κ1) is 9.47. The van der Waals surface area contributed by atoms with E-state index >= 15 is 0 Å². The molecule has 1 aliphatic rings. The molecule has 0 amide bonds. The summed E-state index contributed by atoms with van der Waals surface area (Å²) < 4.78 is 1.88. The van der Waals surface area contributed by atoms with E-state index in [-0.39, 0.29) is 0 Å². The summed E-state index contributed by atoms with van der Waals surface area (Å²) in [5.74, 6) is 0.764. The number of hydrogen-bond acceptors (Lipinski definition) is 4. The van der Waals surface area contributed by atoms with Crippen molar-refractivity contribution >= 4 is 0 Å². The maximum atomic E-state index is 4.50. The Balaban J connectivity index is 2.17. The quantitative estimate of drug-likeness (QED) is 0.753. The average molecular weight is 215 g/mol. The van der Waals surface area contributed by atoms with Crippen LogP contribution in [0, 0.1) is 0 Å². The maximum Gasteiger partial charge on any atom is 0.178 e. The Morgan fingerprint density at radius 2 is 2.12 bits per heavy atom. The molecule has 0 fully saturated rings. The molecule has 1 aliphatic heterocycles. The summed E-state index contributed by atoms with van der Waals surface area (Å²) in [6, 6.07) is 1.83. The molecule has 0 spiro atoms. The van der Waals surface area contributed by atoms with Crippen LogP contribution in [0.15, 0.2) is 18.5 Å². The summed E-state index contributed by atoms with van der Waals surface area (Å²) >= 11 is 0. The van der Waals surface area contributed by atoms with Crippen LogP contribution in [0.5, 0.6) is 0 Å². The van der Waals surface area contributed by atoms with Gasteiger partial charge in [0, 0.05) is 31.5 Å². The molecule has 2 aromatic rings. The summed E-state index contributed by atoms with van der Waals surface area (Å²) in [6.45, 7) is 1.84. The SMILES string of the molecule is Cn1nc2c(c1-c1ncccn1)CCNC2. The van der Waals surface area contributed by atoms with Gasteiger partial charge in [0.05, 0.1) is 5.69 Å². The van der Waals surface area contributed by atoms with Crippen molar-refractivity contribution in [3.8, 4) is 11.5 Å². The fraction of sp³-hybridized carbons (Fsp3) is 0.364. The van der Waals surface area contributed by atoms with Gasteiger partial charge in [-0.05, 0) is 19.0 Å². The lowest BCUT2D eigenvalue weighted by molar-refractivity contribution is 0.625. The standard InChI is InChI=1S/C11H13N5/c1-16-10(11-13-4-2-5-14-11)8-3-6-12-7-9(8)15-16/h2,4-5,12H,3,6-7H2,1H3. The van der Waals surface area contributed by atoms with E-state index in [1.807, 2.05) is 17.8 Å². The largest absolute Gasteiger partial charge is 0.311 e. The number of rotatable bonds is 1. The molecule has 0 bridgehead atoms. The highest BCUT2D eigenvalue weighted by Gasteiger charge is 2.21. The Morgan fingerprint density at radius 1 is 1.31 bits per heavy atom. The van der Waals surface area contributed by atoms with Crippen LogP contribution in [0.1, 0.15) is 11.3 Å². The van der Waals surface area contributed by atoms with Gasteiger partial charge in [0.2, 0.25) is 0 Å². The van der Waals surface area contributed by atoms with E-state index in [4.69, 9.17) is 0 Å². The van der Waals surface area contributed by atoms with Gasteiger partial charge in [0.15, 0.2) is 5.82 Å². The Kier molecular flexibility index (Phi) is 2.18. The first-order valence-corrected chi connectivity index (χ1v) is 5.39. The lowest BCUT2D eigenvalue weighted by Gasteiger charge is -2.11. The van der Waals surface area contributed by atoms with Gasteiger partial charge in [-0.2, -0.15) is 5.10 Å². The number of nitrogens with one attached hydrogen (secondary N) is 1. The van der Waals surface area contributed by atoms with Crippen LogP contribution in [0.3, 0.4) is 0 Å². The van der Waals surface area contributed by atoms with Crippen molar-refractivity contribution in [2.75, 3.05) is 6.54 Å². The molecule has 0 radical (unpaired) electrons. The van der Waals surface area contributed by atoms with Gasteiger partial charge in [-0.1, -0.05) is 0 Å². The molecule has 2 aromatic heterocycles. The second-order valence-corrected chi connectivity index (χ2v) is 3.90. The van der Waals surface area contributed by atoms with Gasteiger partial charge in [-0.3, -0.25) is 4.68 Å². The average Bonchev–Trinajstić information content (AvgIpc) is 2.66. The van der Waals surface area contributed by atoms with Crippen molar-refractivity contribution in [3.63, 3.8) is 0 Å². The zero-order valence-corrected chi connectivity index (χ0v) is 9.14. The molecule has 16 heavy (non-hydrogen) atoms. The van der Waals surface area contributed by atoms with Crippen LogP contribution in [0.25, 0.3) is 11.5 Å². The van der Waals surface area contributed by atoms with Gasteiger partial charge in [0.1, 0.15) is 5.69 Å². The van der Waals surface area contributed by atoms with Crippen LogP contribution < -0.4 is 5.32 Å². The van der Waals surface area contributed by atoms with Crippen molar-refractivity contribution in [1.82, 2.24) is 25.1 Å². The second-order valence-electron chi connectivity index (χ2n) is 3.90. The lowest BCUT2D eigenvalue weighted by atomic mass is 10.1. The highest BCUT2D eigenvalue weighted by molar-refractivity contribution is 5.57. The van der Waals surface area contributed by atoms with E-state index in [0.717, 1.165) is 36.7 Å². The highest BCUT2D eigenvalue weighted by Crippen LogP contribution is 2.24. The van der Waals surface area contributed by atoms with E-state index < -0.39 is 0 Å². The molecule has 1 N–H and O–H groups in total. The molecule has 5 nitrogen and oxygen atoms in total. The summed E-state index contributed by atoms with van der Waals surface area (Å²) in [7, 11) is 1.95. The molecule has 5 heteroatoms. The van der Waals surface area contributed by atoms with Gasteiger partial charge in [-0.15, -0.1) is 0 Å². The summed E-state index contributed by atoms with van der Waals surface area (Å²) in [5.41, 5.74) is 3.46. The minimum absolute atomic E-state index is 0.764. The third kappa shape index (κ3) is 1.40. The minimum Gasteiger partial charge on any atom is -0.311 e. The van der Waals surface area contributed by atoms with Crippen molar-refractivity contribution in [1.29, 1.82) is 0 Å². The molecule has 0 aliphatic carbocycles. The summed E-state index contributed by atoms with van der Waals surface area (Å²) in [4.78, 5) is 8.60. The highest BCUT2D eigenvalue weighted by atomic mass is 15.3. The third-order valence-corrected chi connectivity index (χ3v) is 2.85. The first-order chi connectivity index (χ1) is 7.86. The normalized spacial score (nSPS) is 14.8. The fourth-order valence-corrected chi connectivity index (χ4v) is 2.15. The number of nitrogens with zero attached hydrogens (tertiary/aromatic N) is 4. The van der Waals surface area contributed by atoms with Gasteiger partial charge in [-0.25, -0.2) is 9.97 Å². The zero-order valence-electron chi connectivity index (χ0n) is 9.14. The summed E-state index contributed by atoms with van der Waals surface area (Å²) in [5, 5.41) is 7.82. The summed E-state index contributed by atoms with van der Waals surface area (Å²) in [6.07, 6.45) is 4.53. The molecule has 3 heterocycles. The van der Waals surface area contributed by atoms with Gasteiger partial charge >= 0.3 is 0 Å². The number of aryl methyl sites for hydroxylation is 1. The van der Waals surface area contributed by atoms with E-state index in [0.29, 0.717) is 0 Å². The molecular formula is C11H13N5. The molecule has 82 valence electrons. The van der Waals surface area contributed by atoms with Crippen LogP contribution in [-0.4, -0.2) is 26.3 Å². The Labute approximate surface area is 93.5 Å². The first-order valence-electron chi connectivity index (χ1n) is 5.39. The van der Waals surface area contributed by atoms with Gasteiger partial charge in [0.25, 0.3) is 0 Å². The number of fused-ring (bicyclic) bond motifs is 1. The number of hydrogen-bond donors (Lipinski definition) is 1. The van der Waals surface area contributed by atoms with Crippen LogP contribution in [-0.2, 0) is 20.0 Å². The zero-order chi connectivity index (χ0) is 11.0. The van der Waals surface area contributed by atoms with Crippen LogP contribution >= 0.6 is 0 Å². The maximum absolute atomic E-state index is 4.50. The van der Waals surface area contributed by atoms with Crippen molar-refractivity contribution in [2.24, 2.45) is 7.05 Å². The molecule has 0 saturated heterocycles. The van der Waals surface area contributed by atoms with Crippen molar-refractivity contribution < 1.29 is 0 Å². The Bertz CT molecular complexity index is 503. The van der Waals surface area contributed by atoms with Crippen LogP contribution in [0.4, 0.5) is 0 Å². The van der Waals surface area contributed by atoms with E-state index in [1.54, 1.807) is 12.4 Å². The topological polar surface area (TPSA) is 55.6 Å². The minimum atomic E-state index is 0.764. The predicted octanol–water partition coefficient (Wildman–Crippen LogP) is 0.523. The van der Waals surface area contributed by atoms with Crippen molar-refractivity contribution in [2.45, 2.75) is 13.0 Å². The van der Waals surface area contributed by atoms with E-state index in [1.165, 1.54) is 5.56 Å². The Morgan fingerprint density at radius 3 is 2.94 bits per heavy atom. The predicted molar refractivity (Wildman–Crippen MR) is 59.6 cm³/mol. The number of aromatic nitrogens is 4. The lowest BCUT2D eigenvalue weighted by Crippen LogP contribution is -2.23. The van der Waals surface area contributed by atoms with E-state index in [2.05, 4.69) is 20.4 Å².